The summed E-state index contributed by atoms with van der Waals surface area (Å²) in [5.74, 6) is -2.09. The minimum atomic E-state index is -0.645. The Kier molecular flexibility index (Phi) is 5.21. The van der Waals surface area contributed by atoms with Crippen molar-refractivity contribution in [2.45, 2.75) is 18.9 Å². The van der Waals surface area contributed by atoms with Gasteiger partial charge >= 0.3 is 10.8 Å². The molecule has 0 N–H and O–H groups in total. The highest BCUT2D eigenvalue weighted by molar-refractivity contribution is 7.10. The van der Waals surface area contributed by atoms with E-state index in [1.165, 1.54) is 53.0 Å². The number of benzene rings is 2. The molecule has 1 amide bonds. The molecule has 0 bridgehead atoms. The number of esters is 1. The highest BCUT2D eigenvalue weighted by Crippen LogP contribution is 2.44. The van der Waals surface area contributed by atoms with Crippen LogP contribution < -0.4 is 9.77 Å². The zero-order chi connectivity index (χ0) is 21.4. The van der Waals surface area contributed by atoms with Crippen LogP contribution in [0.25, 0.3) is 0 Å². The molecule has 4 rings (SSSR count). The molecule has 2 aromatic carbocycles. The third-order valence-corrected chi connectivity index (χ3v) is 6.00. The Labute approximate surface area is 173 Å². The Balaban J connectivity index is 1.91. The number of nitrogens with zero attached hydrogens (tertiary/aromatic N) is 2. The third-order valence-electron chi connectivity index (χ3n) is 4.92. The van der Waals surface area contributed by atoms with Gasteiger partial charge in [0.25, 0.3) is 0 Å². The number of hydrogen-bond donors (Lipinski definition) is 0. The SMILES string of the molecule is COC(=O)Cn1c2c(sc1=O)C(c1ccc(F)cc1)CC(=O)N2c1ccc(F)cc1. The Hall–Kier alpha value is -3.33. The first-order chi connectivity index (χ1) is 14.4. The second-order valence-electron chi connectivity index (χ2n) is 6.73. The molecule has 30 heavy (non-hydrogen) atoms. The van der Waals surface area contributed by atoms with Gasteiger partial charge in [-0.3, -0.25) is 23.9 Å². The molecule has 154 valence electrons. The summed E-state index contributed by atoms with van der Waals surface area (Å²) >= 11 is 0.918. The maximum absolute atomic E-state index is 13.4. The van der Waals surface area contributed by atoms with Crippen LogP contribution in [0.5, 0.6) is 0 Å². The average Bonchev–Trinajstić information content (AvgIpc) is 3.05. The summed E-state index contributed by atoms with van der Waals surface area (Å²) in [5, 5.41) is 0. The fourth-order valence-corrected chi connectivity index (χ4v) is 4.61. The third kappa shape index (κ3) is 3.52. The van der Waals surface area contributed by atoms with Gasteiger partial charge in [-0.25, -0.2) is 8.78 Å². The number of aromatic nitrogens is 1. The Morgan fingerprint density at radius 1 is 1.07 bits per heavy atom. The van der Waals surface area contributed by atoms with Crippen molar-refractivity contribution in [2.24, 2.45) is 0 Å². The van der Waals surface area contributed by atoms with Gasteiger partial charge in [0.2, 0.25) is 5.91 Å². The summed E-state index contributed by atoms with van der Waals surface area (Å²) in [6.45, 7) is -0.373. The number of halogens is 2. The molecule has 3 aromatic rings. The minimum absolute atomic E-state index is 0.0359. The molecule has 2 heterocycles. The molecular weight excluding hydrogens is 414 g/mol. The Bertz CT molecular complexity index is 1170. The van der Waals surface area contributed by atoms with E-state index in [-0.39, 0.29) is 24.7 Å². The first-order valence-corrected chi connectivity index (χ1v) is 9.85. The van der Waals surface area contributed by atoms with Crippen LogP contribution in [-0.4, -0.2) is 23.6 Å². The van der Waals surface area contributed by atoms with Crippen molar-refractivity contribution >= 4 is 34.7 Å². The number of ether oxygens (including phenoxy) is 1. The summed E-state index contributed by atoms with van der Waals surface area (Å²) in [7, 11) is 1.20. The fraction of sp³-hybridized carbons (Fsp3) is 0.190. The van der Waals surface area contributed by atoms with Gasteiger partial charge < -0.3 is 4.74 Å². The molecule has 1 atom stereocenters. The maximum atomic E-state index is 13.4. The highest BCUT2D eigenvalue weighted by atomic mass is 32.1. The molecule has 0 aliphatic carbocycles. The zero-order valence-electron chi connectivity index (χ0n) is 15.8. The number of thiazole rings is 1. The molecule has 0 saturated heterocycles. The van der Waals surface area contributed by atoms with Crippen LogP contribution in [0, 0.1) is 11.6 Å². The van der Waals surface area contributed by atoms with Crippen molar-refractivity contribution < 1.29 is 23.1 Å². The fourth-order valence-electron chi connectivity index (χ4n) is 3.50. The molecule has 1 aromatic heterocycles. The number of carbonyl (C=O) groups excluding carboxylic acids is 2. The topological polar surface area (TPSA) is 68.6 Å². The lowest BCUT2D eigenvalue weighted by Gasteiger charge is -2.32. The van der Waals surface area contributed by atoms with Crippen LogP contribution in [0.2, 0.25) is 0 Å². The van der Waals surface area contributed by atoms with E-state index in [1.807, 2.05) is 0 Å². The van der Waals surface area contributed by atoms with E-state index in [2.05, 4.69) is 4.74 Å². The summed E-state index contributed by atoms with van der Waals surface area (Å²) in [6.07, 6.45) is 0.0359. The summed E-state index contributed by atoms with van der Waals surface area (Å²) in [6, 6.07) is 11.0. The lowest BCUT2D eigenvalue weighted by atomic mass is 9.90. The highest BCUT2D eigenvalue weighted by Gasteiger charge is 2.38. The standard InChI is InChI=1S/C21H16F2N2O4S/c1-29-18(27)11-24-20-19(30-21(24)28)16(12-2-4-13(22)5-3-12)10-17(26)25(20)15-8-6-14(23)7-9-15/h2-9,16H,10-11H2,1H3. The summed E-state index contributed by atoms with van der Waals surface area (Å²) < 4.78 is 32.7. The van der Waals surface area contributed by atoms with Crippen LogP contribution in [0.1, 0.15) is 22.8 Å². The summed E-state index contributed by atoms with van der Waals surface area (Å²) in [4.78, 5) is 39.2. The minimum Gasteiger partial charge on any atom is -0.468 e. The maximum Gasteiger partial charge on any atom is 0.325 e. The number of rotatable bonds is 4. The molecule has 0 fully saturated rings. The van der Waals surface area contributed by atoms with Crippen molar-refractivity contribution in [3.05, 3.63) is 80.3 Å². The van der Waals surface area contributed by atoms with Crippen molar-refractivity contribution in [1.29, 1.82) is 0 Å². The first kappa shape index (κ1) is 20.0. The molecule has 1 aliphatic heterocycles. The van der Waals surface area contributed by atoms with Crippen LogP contribution >= 0.6 is 11.3 Å². The molecule has 0 saturated carbocycles. The zero-order valence-corrected chi connectivity index (χ0v) is 16.6. The van der Waals surface area contributed by atoms with E-state index in [4.69, 9.17) is 0 Å². The van der Waals surface area contributed by atoms with Crippen LogP contribution in [-0.2, 0) is 20.9 Å². The second kappa shape index (κ2) is 7.83. The van der Waals surface area contributed by atoms with E-state index >= 15 is 0 Å². The van der Waals surface area contributed by atoms with Crippen LogP contribution in [0.15, 0.2) is 53.3 Å². The van der Waals surface area contributed by atoms with Crippen molar-refractivity contribution in [3.63, 3.8) is 0 Å². The predicted octanol–water partition coefficient (Wildman–Crippen LogP) is 3.56. The van der Waals surface area contributed by atoms with E-state index in [0.29, 0.717) is 16.1 Å². The van der Waals surface area contributed by atoms with Crippen LogP contribution in [0.3, 0.4) is 0 Å². The number of hydrogen-bond acceptors (Lipinski definition) is 5. The summed E-state index contributed by atoms with van der Waals surface area (Å²) in [5.41, 5.74) is 1.05. The normalized spacial score (nSPS) is 15.8. The largest absolute Gasteiger partial charge is 0.468 e. The Morgan fingerprint density at radius 2 is 1.67 bits per heavy atom. The van der Waals surface area contributed by atoms with E-state index in [0.717, 1.165) is 11.3 Å². The Morgan fingerprint density at radius 3 is 2.27 bits per heavy atom. The van der Waals surface area contributed by atoms with E-state index < -0.39 is 28.4 Å². The number of fused-ring (bicyclic) bond motifs is 1. The molecule has 6 nitrogen and oxygen atoms in total. The van der Waals surface area contributed by atoms with Gasteiger partial charge in [0.1, 0.15) is 24.0 Å². The number of methoxy groups -OCH3 is 1. The van der Waals surface area contributed by atoms with Gasteiger partial charge in [0, 0.05) is 12.3 Å². The smallest absolute Gasteiger partial charge is 0.325 e. The van der Waals surface area contributed by atoms with Gasteiger partial charge in [-0.15, -0.1) is 0 Å². The molecule has 9 heteroatoms. The van der Waals surface area contributed by atoms with Gasteiger partial charge in [0.05, 0.1) is 17.7 Å². The quantitative estimate of drug-likeness (QED) is 0.594. The van der Waals surface area contributed by atoms with Crippen molar-refractivity contribution in [1.82, 2.24) is 4.57 Å². The molecule has 0 spiro atoms. The lowest BCUT2D eigenvalue weighted by Crippen LogP contribution is -2.36. The molecular formula is C21H16F2N2O4S. The van der Waals surface area contributed by atoms with Crippen LogP contribution in [0.4, 0.5) is 20.3 Å². The van der Waals surface area contributed by atoms with Gasteiger partial charge in [-0.1, -0.05) is 23.5 Å². The molecule has 1 unspecified atom stereocenters. The van der Waals surface area contributed by atoms with Gasteiger partial charge in [-0.05, 0) is 42.0 Å². The van der Waals surface area contributed by atoms with Crippen molar-refractivity contribution in [2.75, 3.05) is 12.0 Å². The first-order valence-electron chi connectivity index (χ1n) is 9.03. The second-order valence-corrected chi connectivity index (χ2v) is 7.73. The predicted molar refractivity (Wildman–Crippen MR) is 107 cm³/mol. The van der Waals surface area contributed by atoms with Crippen molar-refractivity contribution in [3.8, 4) is 0 Å². The van der Waals surface area contributed by atoms with Gasteiger partial charge in [-0.2, -0.15) is 0 Å². The monoisotopic (exact) mass is 430 g/mol. The molecule has 0 radical (unpaired) electrons. The molecule has 1 aliphatic rings. The van der Waals surface area contributed by atoms with Gasteiger partial charge in [0.15, 0.2) is 0 Å². The number of amides is 1. The lowest BCUT2D eigenvalue weighted by molar-refractivity contribution is -0.141. The number of anilines is 2. The average molecular weight is 430 g/mol. The number of carbonyl (C=O) groups is 2. The van der Waals surface area contributed by atoms with E-state index in [9.17, 15) is 23.2 Å². The van der Waals surface area contributed by atoms with E-state index in [1.54, 1.807) is 12.1 Å².